The molecule has 4 heterocycles. The maximum absolute atomic E-state index is 13.8. The van der Waals surface area contributed by atoms with Crippen LogP contribution in [0.1, 0.15) is 37.1 Å². The van der Waals surface area contributed by atoms with Gasteiger partial charge < -0.3 is 20.2 Å². The number of rotatable bonds is 7. The van der Waals surface area contributed by atoms with E-state index in [1.165, 1.54) is 16.9 Å². The van der Waals surface area contributed by atoms with Gasteiger partial charge in [-0.3, -0.25) is 0 Å². The number of amides is 1. The van der Waals surface area contributed by atoms with Gasteiger partial charge in [0.25, 0.3) is 0 Å². The van der Waals surface area contributed by atoms with Gasteiger partial charge in [-0.25, -0.2) is 19.4 Å². The van der Waals surface area contributed by atoms with Crippen LogP contribution in [0.25, 0.3) is 11.2 Å². The van der Waals surface area contributed by atoms with E-state index < -0.39 is 24.0 Å². The number of carbonyl (C=O) groups is 1. The molecule has 0 saturated carbocycles. The van der Waals surface area contributed by atoms with Crippen LogP contribution in [0.5, 0.6) is 0 Å². The van der Waals surface area contributed by atoms with Gasteiger partial charge in [0, 0.05) is 42.8 Å². The van der Waals surface area contributed by atoms with Crippen molar-refractivity contribution in [2.24, 2.45) is 11.8 Å². The molecule has 0 aliphatic carbocycles. The number of hydrogen-bond donors (Lipinski definition) is 2. The summed E-state index contributed by atoms with van der Waals surface area (Å²) in [6.07, 6.45) is -2.20. The molecule has 1 unspecified atom stereocenters. The van der Waals surface area contributed by atoms with Crippen molar-refractivity contribution < 1.29 is 23.1 Å². The van der Waals surface area contributed by atoms with E-state index >= 15 is 0 Å². The smallest absolute Gasteiger partial charge is 0.437 e. The number of likely N-dealkylation sites (tertiary alicyclic amines) is 1. The molecule has 2 saturated heterocycles. The van der Waals surface area contributed by atoms with E-state index in [0.717, 1.165) is 39.0 Å². The Hall–Kier alpha value is -2.83. The zero-order valence-electron chi connectivity index (χ0n) is 21.1. The van der Waals surface area contributed by atoms with Crippen molar-refractivity contribution in [1.82, 2.24) is 30.0 Å². The molecular weight excluding hydrogens is 558 g/mol. The second kappa shape index (κ2) is 11.0. The molecule has 14 heteroatoms. The number of aromatic nitrogens is 4. The summed E-state index contributed by atoms with van der Waals surface area (Å²) in [6, 6.07) is 4.18. The molecule has 210 valence electrons. The molecule has 2 aliphatic rings. The number of piperidine rings is 1. The molecule has 39 heavy (non-hydrogen) atoms. The molecule has 1 amide bonds. The number of benzene rings is 1. The minimum Gasteiger partial charge on any atom is -0.465 e. The highest BCUT2D eigenvalue weighted by molar-refractivity contribution is 6.35. The Morgan fingerprint density at radius 1 is 1.23 bits per heavy atom. The van der Waals surface area contributed by atoms with Gasteiger partial charge in [-0.05, 0) is 55.8 Å². The van der Waals surface area contributed by atoms with Crippen LogP contribution in [0.4, 0.5) is 23.8 Å². The lowest BCUT2D eigenvalue weighted by atomic mass is 9.80. The molecule has 3 aromatic rings. The largest absolute Gasteiger partial charge is 0.465 e. The molecule has 0 bridgehead atoms. The van der Waals surface area contributed by atoms with Gasteiger partial charge in [-0.15, -0.1) is 0 Å². The van der Waals surface area contributed by atoms with Gasteiger partial charge in [-0.2, -0.15) is 18.3 Å². The van der Waals surface area contributed by atoms with Crippen LogP contribution < -0.4 is 10.2 Å². The standard InChI is InChI=1S/C25H28Cl2F3N7O2/c1-14(18-5-4-17(26)9-19(18)27)37-23-21(22(34-37)25(28,29)30)32-10-20(33-23)36-12-16(13-36)15-3-2-7-35(11-15)8-6-31-24(38)39/h4-5,9-10,14-16,31H,2-3,6-8,11-13H2,1H3,(H,38,39)/t14?,15-/m1/s1. The predicted molar refractivity (Wildman–Crippen MR) is 141 cm³/mol. The van der Waals surface area contributed by atoms with Crippen molar-refractivity contribution in [2.75, 3.05) is 44.2 Å². The highest BCUT2D eigenvalue weighted by atomic mass is 35.5. The summed E-state index contributed by atoms with van der Waals surface area (Å²) >= 11 is 12.4. The van der Waals surface area contributed by atoms with Crippen molar-refractivity contribution in [2.45, 2.75) is 32.0 Å². The highest BCUT2D eigenvalue weighted by Gasteiger charge is 2.40. The molecule has 0 spiro atoms. The minimum absolute atomic E-state index is 0.0385. The summed E-state index contributed by atoms with van der Waals surface area (Å²) in [7, 11) is 0. The lowest BCUT2D eigenvalue weighted by Gasteiger charge is -2.47. The first-order valence-electron chi connectivity index (χ1n) is 12.7. The number of nitrogens with zero attached hydrogens (tertiary/aromatic N) is 6. The van der Waals surface area contributed by atoms with Crippen molar-refractivity contribution in [3.05, 3.63) is 45.7 Å². The van der Waals surface area contributed by atoms with Crippen LogP contribution in [0.15, 0.2) is 24.4 Å². The van der Waals surface area contributed by atoms with E-state index in [9.17, 15) is 18.0 Å². The molecule has 2 fully saturated rings. The van der Waals surface area contributed by atoms with Gasteiger partial charge >= 0.3 is 12.3 Å². The maximum atomic E-state index is 13.8. The number of carboxylic acid groups (broad SMARTS) is 1. The zero-order chi connectivity index (χ0) is 27.9. The van der Waals surface area contributed by atoms with Crippen LogP contribution in [0.2, 0.25) is 10.0 Å². The fourth-order valence-corrected chi connectivity index (χ4v) is 6.05. The average molecular weight is 586 g/mol. The Morgan fingerprint density at radius 3 is 2.69 bits per heavy atom. The third-order valence-corrected chi connectivity index (χ3v) is 8.15. The first kappa shape index (κ1) is 27.7. The lowest BCUT2D eigenvalue weighted by Crippen LogP contribution is -2.54. The van der Waals surface area contributed by atoms with Crippen LogP contribution >= 0.6 is 23.2 Å². The van der Waals surface area contributed by atoms with E-state index in [2.05, 4.69) is 25.3 Å². The summed E-state index contributed by atoms with van der Waals surface area (Å²) in [6.45, 7) is 6.06. The monoisotopic (exact) mass is 585 g/mol. The Bertz CT molecular complexity index is 1360. The molecule has 0 radical (unpaired) electrons. The number of nitrogens with one attached hydrogen (secondary N) is 1. The third kappa shape index (κ3) is 5.87. The summed E-state index contributed by atoms with van der Waals surface area (Å²) in [5.74, 6) is 1.38. The number of fused-ring (bicyclic) bond motifs is 1. The number of alkyl halides is 3. The van der Waals surface area contributed by atoms with E-state index in [4.69, 9.17) is 28.3 Å². The maximum Gasteiger partial charge on any atom is 0.437 e. The quantitative estimate of drug-likeness (QED) is 0.394. The van der Waals surface area contributed by atoms with Gasteiger partial charge in [0.1, 0.15) is 11.3 Å². The topological polar surface area (TPSA) is 99.4 Å². The highest BCUT2D eigenvalue weighted by Crippen LogP contribution is 2.38. The van der Waals surface area contributed by atoms with Gasteiger partial charge in [0.15, 0.2) is 11.3 Å². The van der Waals surface area contributed by atoms with Crippen LogP contribution in [-0.2, 0) is 6.18 Å². The number of anilines is 1. The SMILES string of the molecule is CC(c1ccc(Cl)cc1Cl)n1nc(C(F)(F)F)c2ncc(N3CC([C@@H]4CCCN(CCNC(=O)O)C4)C3)nc21. The Kier molecular flexibility index (Phi) is 7.80. The van der Waals surface area contributed by atoms with Gasteiger partial charge in [-0.1, -0.05) is 29.3 Å². The fraction of sp³-hybridized carbons (Fsp3) is 0.520. The second-order valence-corrected chi connectivity index (χ2v) is 11.0. The van der Waals surface area contributed by atoms with E-state index in [1.54, 1.807) is 19.1 Å². The molecule has 2 aromatic heterocycles. The summed E-state index contributed by atoms with van der Waals surface area (Å²) in [4.78, 5) is 23.8. The van der Waals surface area contributed by atoms with Crippen molar-refractivity contribution in [3.63, 3.8) is 0 Å². The Morgan fingerprint density at radius 2 is 2.00 bits per heavy atom. The molecule has 2 atom stereocenters. The second-order valence-electron chi connectivity index (χ2n) is 10.1. The molecule has 1 aromatic carbocycles. The molecule has 2 aliphatic heterocycles. The molecule has 5 rings (SSSR count). The predicted octanol–water partition coefficient (Wildman–Crippen LogP) is 5.18. The van der Waals surface area contributed by atoms with E-state index in [1.807, 2.05) is 4.90 Å². The first-order chi connectivity index (χ1) is 18.5. The van der Waals surface area contributed by atoms with Crippen LogP contribution in [0.3, 0.4) is 0 Å². The van der Waals surface area contributed by atoms with E-state index in [0.29, 0.717) is 46.4 Å². The molecular formula is C25H28Cl2F3N7O2. The van der Waals surface area contributed by atoms with Crippen molar-refractivity contribution in [3.8, 4) is 0 Å². The number of hydrogen-bond acceptors (Lipinski definition) is 6. The van der Waals surface area contributed by atoms with Crippen molar-refractivity contribution >= 4 is 46.3 Å². The molecule has 2 N–H and O–H groups in total. The van der Waals surface area contributed by atoms with Crippen molar-refractivity contribution in [1.29, 1.82) is 0 Å². The molecule has 9 nitrogen and oxygen atoms in total. The van der Waals surface area contributed by atoms with Gasteiger partial charge in [0.05, 0.1) is 12.2 Å². The first-order valence-corrected chi connectivity index (χ1v) is 13.5. The normalized spacial score (nSPS) is 19.7. The van der Waals surface area contributed by atoms with Crippen LogP contribution in [-0.4, -0.2) is 75.1 Å². The summed E-state index contributed by atoms with van der Waals surface area (Å²) < 4.78 is 42.7. The average Bonchev–Trinajstić information content (AvgIpc) is 3.22. The fourth-order valence-electron chi connectivity index (χ4n) is 5.48. The number of halogens is 5. The lowest BCUT2D eigenvalue weighted by molar-refractivity contribution is -0.140. The summed E-state index contributed by atoms with van der Waals surface area (Å²) in [5.41, 5.74) is -0.791. The van der Waals surface area contributed by atoms with Gasteiger partial charge in [0.2, 0.25) is 0 Å². The van der Waals surface area contributed by atoms with E-state index in [-0.39, 0.29) is 11.2 Å². The summed E-state index contributed by atoms with van der Waals surface area (Å²) in [5, 5.41) is 15.8. The Balaban J connectivity index is 1.34. The Labute approximate surface area is 232 Å². The minimum atomic E-state index is -4.70. The third-order valence-electron chi connectivity index (χ3n) is 7.59. The van der Waals surface area contributed by atoms with Crippen LogP contribution in [0, 0.1) is 11.8 Å². The zero-order valence-corrected chi connectivity index (χ0v) is 22.6.